The average Bonchev–Trinajstić information content (AvgIpc) is 3.21. The minimum absolute atomic E-state index is 0.0504. The predicted octanol–water partition coefficient (Wildman–Crippen LogP) is 3.76. The molecule has 5 nitrogen and oxygen atoms in total. The van der Waals surface area contributed by atoms with Gasteiger partial charge in [0.2, 0.25) is 0 Å². The summed E-state index contributed by atoms with van der Waals surface area (Å²) in [4.78, 5) is 20.2. The number of rotatable bonds is 9. The van der Waals surface area contributed by atoms with Gasteiger partial charge in [-0.05, 0) is 76.0 Å². The number of halogens is 2. The highest BCUT2D eigenvalue weighted by molar-refractivity contribution is 6.30. The first-order valence-electron chi connectivity index (χ1n) is 11.2. The summed E-state index contributed by atoms with van der Waals surface area (Å²) < 4.78 is 19.2. The van der Waals surface area contributed by atoms with E-state index in [2.05, 4.69) is 16.7 Å². The van der Waals surface area contributed by atoms with Crippen LogP contribution in [0.2, 0.25) is 5.02 Å². The Hall–Kier alpha value is -1.21. The Morgan fingerprint density at radius 1 is 1.23 bits per heavy atom. The summed E-state index contributed by atoms with van der Waals surface area (Å²) in [6.45, 7) is 9.50. The van der Waals surface area contributed by atoms with Crippen LogP contribution in [0.3, 0.4) is 0 Å². The number of hydrogen-bond donors (Lipinski definition) is 0. The van der Waals surface area contributed by atoms with E-state index in [1.807, 2.05) is 4.90 Å². The molecule has 2 saturated heterocycles. The molecule has 0 spiro atoms. The topological polar surface area (TPSA) is 36.0 Å². The van der Waals surface area contributed by atoms with Crippen molar-refractivity contribution in [1.82, 2.24) is 14.7 Å². The fourth-order valence-corrected chi connectivity index (χ4v) is 4.87. The van der Waals surface area contributed by atoms with E-state index in [0.717, 1.165) is 65.1 Å². The Morgan fingerprint density at radius 3 is 2.67 bits per heavy atom. The fraction of sp³-hybridized carbons (Fsp3) is 0.696. The molecule has 1 aromatic rings. The molecule has 0 bridgehead atoms. The Morgan fingerprint density at radius 2 is 2.00 bits per heavy atom. The summed E-state index contributed by atoms with van der Waals surface area (Å²) in [5.74, 6) is -0.151. The molecule has 168 valence electrons. The van der Waals surface area contributed by atoms with Gasteiger partial charge in [-0.3, -0.25) is 9.69 Å². The second-order valence-electron chi connectivity index (χ2n) is 8.54. The van der Waals surface area contributed by atoms with Crippen LogP contribution in [0, 0.1) is 11.7 Å². The smallest absolute Gasteiger partial charge is 0.254 e. The highest BCUT2D eigenvalue weighted by atomic mass is 35.5. The van der Waals surface area contributed by atoms with Gasteiger partial charge in [-0.2, -0.15) is 0 Å². The third-order valence-electron chi connectivity index (χ3n) is 6.59. The van der Waals surface area contributed by atoms with E-state index in [-0.39, 0.29) is 10.9 Å². The molecule has 1 aromatic carbocycles. The maximum absolute atomic E-state index is 14.0. The normalized spacial score (nSPS) is 21.3. The van der Waals surface area contributed by atoms with E-state index in [0.29, 0.717) is 24.1 Å². The molecular formula is C23H35ClFN3O2. The summed E-state index contributed by atoms with van der Waals surface area (Å²) in [5.41, 5.74) is 0.385. The molecule has 2 heterocycles. The molecule has 1 amide bonds. The van der Waals surface area contributed by atoms with Gasteiger partial charge in [-0.1, -0.05) is 18.5 Å². The van der Waals surface area contributed by atoms with Crippen LogP contribution in [-0.2, 0) is 4.74 Å². The van der Waals surface area contributed by atoms with Crippen molar-refractivity contribution in [3.05, 3.63) is 34.6 Å². The Kier molecular flexibility index (Phi) is 8.93. The molecule has 0 radical (unpaired) electrons. The second kappa shape index (κ2) is 11.4. The van der Waals surface area contributed by atoms with Crippen LogP contribution < -0.4 is 0 Å². The van der Waals surface area contributed by atoms with Crippen molar-refractivity contribution >= 4 is 17.5 Å². The number of hydrogen-bond acceptors (Lipinski definition) is 4. The molecule has 0 unspecified atom stereocenters. The van der Waals surface area contributed by atoms with Crippen LogP contribution in [0.5, 0.6) is 0 Å². The largest absolute Gasteiger partial charge is 0.383 e. The van der Waals surface area contributed by atoms with Gasteiger partial charge in [0.05, 0.1) is 11.6 Å². The standard InChI is InChI=1S/C23H35ClFN3O2/c1-3-27-10-4-5-20(27)17-28(23(29)19-6-7-21(24)22(25)15-19)16-18-8-11-26(12-9-18)13-14-30-2/h6-7,15,18,20H,3-5,8-14,16-17H2,1-2H3/t20-/m1/s1. The Bertz CT molecular complexity index is 697. The van der Waals surface area contributed by atoms with Crippen molar-refractivity contribution in [1.29, 1.82) is 0 Å². The van der Waals surface area contributed by atoms with E-state index < -0.39 is 5.82 Å². The lowest BCUT2D eigenvalue weighted by molar-refractivity contribution is 0.0616. The SMILES string of the molecule is CCN1CCC[C@@H]1CN(CC1CCN(CCOC)CC1)C(=O)c1ccc(Cl)c(F)c1. The highest BCUT2D eigenvalue weighted by Gasteiger charge is 2.30. The number of carbonyl (C=O) groups is 1. The maximum Gasteiger partial charge on any atom is 0.254 e. The molecule has 0 aliphatic carbocycles. The summed E-state index contributed by atoms with van der Waals surface area (Å²) in [7, 11) is 1.73. The van der Waals surface area contributed by atoms with Crippen molar-refractivity contribution in [2.24, 2.45) is 5.92 Å². The van der Waals surface area contributed by atoms with E-state index in [1.165, 1.54) is 18.6 Å². The summed E-state index contributed by atoms with van der Waals surface area (Å²) in [5, 5.41) is 0.0504. The minimum Gasteiger partial charge on any atom is -0.383 e. The van der Waals surface area contributed by atoms with Crippen molar-refractivity contribution in [3.8, 4) is 0 Å². The molecule has 0 aromatic heterocycles. The van der Waals surface area contributed by atoms with Gasteiger partial charge < -0.3 is 14.5 Å². The first kappa shape index (κ1) is 23.5. The number of carbonyl (C=O) groups excluding carboxylic acids is 1. The van der Waals surface area contributed by atoms with E-state index >= 15 is 0 Å². The maximum atomic E-state index is 14.0. The third kappa shape index (κ3) is 6.16. The number of methoxy groups -OCH3 is 1. The molecule has 1 atom stereocenters. The lowest BCUT2D eigenvalue weighted by Crippen LogP contribution is -2.46. The quantitative estimate of drug-likeness (QED) is 0.587. The zero-order valence-corrected chi connectivity index (χ0v) is 19.0. The number of ether oxygens (including phenoxy) is 1. The van der Waals surface area contributed by atoms with Crippen molar-refractivity contribution in [2.45, 2.75) is 38.6 Å². The van der Waals surface area contributed by atoms with Crippen LogP contribution in [0.4, 0.5) is 4.39 Å². The number of piperidine rings is 1. The van der Waals surface area contributed by atoms with Crippen molar-refractivity contribution in [2.75, 3.05) is 59.5 Å². The van der Waals surface area contributed by atoms with Gasteiger partial charge >= 0.3 is 0 Å². The number of benzene rings is 1. The molecule has 0 saturated carbocycles. The van der Waals surface area contributed by atoms with E-state index in [9.17, 15) is 9.18 Å². The molecule has 2 aliphatic rings. The number of amides is 1. The summed E-state index contributed by atoms with van der Waals surface area (Å²) >= 11 is 5.83. The van der Waals surface area contributed by atoms with Gasteiger partial charge in [0.15, 0.2) is 0 Å². The lowest BCUT2D eigenvalue weighted by Gasteiger charge is -2.36. The molecular weight excluding hydrogens is 405 g/mol. The van der Waals surface area contributed by atoms with Crippen molar-refractivity contribution < 1.29 is 13.9 Å². The Labute approximate surface area is 185 Å². The molecule has 30 heavy (non-hydrogen) atoms. The van der Waals surface area contributed by atoms with Crippen LogP contribution in [-0.4, -0.2) is 86.2 Å². The lowest BCUT2D eigenvalue weighted by atomic mass is 9.95. The molecule has 3 rings (SSSR count). The molecule has 2 aliphatic heterocycles. The predicted molar refractivity (Wildman–Crippen MR) is 119 cm³/mol. The summed E-state index contributed by atoms with van der Waals surface area (Å²) in [6.07, 6.45) is 4.44. The zero-order chi connectivity index (χ0) is 21.5. The van der Waals surface area contributed by atoms with Crippen LogP contribution in [0.1, 0.15) is 43.0 Å². The van der Waals surface area contributed by atoms with E-state index in [4.69, 9.17) is 16.3 Å². The minimum atomic E-state index is -0.537. The Balaban J connectivity index is 1.68. The monoisotopic (exact) mass is 439 g/mol. The zero-order valence-electron chi connectivity index (χ0n) is 18.3. The van der Waals surface area contributed by atoms with Crippen LogP contribution in [0.15, 0.2) is 18.2 Å². The van der Waals surface area contributed by atoms with Crippen LogP contribution in [0.25, 0.3) is 0 Å². The number of nitrogens with zero attached hydrogens (tertiary/aromatic N) is 3. The molecule has 7 heteroatoms. The van der Waals surface area contributed by atoms with Gasteiger partial charge in [0.1, 0.15) is 5.82 Å². The van der Waals surface area contributed by atoms with Gasteiger partial charge in [-0.15, -0.1) is 0 Å². The molecule has 0 N–H and O–H groups in total. The van der Waals surface area contributed by atoms with Gasteiger partial charge in [-0.25, -0.2) is 4.39 Å². The second-order valence-corrected chi connectivity index (χ2v) is 8.95. The van der Waals surface area contributed by atoms with Crippen LogP contribution >= 0.6 is 11.6 Å². The van der Waals surface area contributed by atoms with Gasteiger partial charge in [0.25, 0.3) is 5.91 Å². The van der Waals surface area contributed by atoms with E-state index in [1.54, 1.807) is 13.2 Å². The fourth-order valence-electron chi connectivity index (χ4n) is 4.75. The average molecular weight is 440 g/mol. The molecule has 2 fully saturated rings. The first-order chi connectivity index (χ1) is 14.5. The van der Waals surface area contributed by atoms with Crippen molar-refractivity contribution in [3.63, 3.8) is 0 Å². The third-order valence-corrected chi connectivity index (χ3v) is 6.89. The summed E-state index contributed by atoms with van der Waals surface area (Å²) in [6, 6.07) is 4.78. The number of likely N-dealkylation sites (N-methyl/N-ethyl adjacent to an activating group) is 1. The highest BCUT2D eigenvalue weighted by Crippen LogP contribution is 2.24. The van der Waals surface area contributed by atoms with Gasteiger partial charge in [0, 0.05) is 38.3 Å². The number of likely N-dealkylation sites (tertiary alicyclic amines) is 2. The first-order valence-corrected chi connectivity index (χ1v) is 11.6.